The first-order valence-electron chi connectivity index (χ1n) is 4.45. The van der Waals surface area contributed by atoms with Gasteiger partial charge in [-0.3, -0.25) is 10.1 Å². The number of hydrogen-bond acceptors (Lipinski definition) is 4. The number of nitro groups is 1. The van der Waals surface area contributed by atoms with E-state index in [0.717, 1.165) is 0 Å². The Morgan fingerprint density at radius 3 is 2.73 bits per heavy atom. The van der Waals surface area contributed by atoms with E-state index in [4.69, 9.17) is 23.1 Å². The standard InChI is InChI=1S/C9H12ClN3O2/c10-6-1-2-9(13(14)15)7(5-6)8(12)3-4-11/h1-2,5,8H,3-4,11-12H2/t8-/m1/s1. The molecule has 1 rings (SSSR count). The lowest BCUT2D eigenvalue weighted by Gasteiger charge is -2.11. The molecule has 1 aromatic carbocycles. The summed E-state index contributed by atoms with van der Waals surface area (Å²) in [6.45, 7) is 0.380. The second-order valence-electron chi connectivity index (χ2n) is 3.14. The van der Waals surface area contributed by atoms with Crippen molar-refractivity contribution in [2.75, 3.05) is 6.54 Å². The minimum Gasteiger partial charge on any atom is -0.330 e. The molecule has 0 aromatic heterocycles. The molecule has 1 atom stereocenters. The second-order valence-corrected chi connectivity index (χ2v) is 3.58. The second kappa shape index (κ2) is 5.06. The highest BCUT2D eigenvalue weighted by atomic mass is 35.5. The number of nitrogens with zero attached hydrogens (tertiary/aromatic N) is 1. The van der Waals surface area contributed by atoms with Gasteiger partial charge in [0.1, 0.15) is 0 Å². The molecule has 0 aliphatic rings. The van der Waals surface area contributed by atoms with Crippen molar-refractivity contribution in [3.05, 3.63) is 38.9 Å². The van der Waals surface area contributed by atoms with Crippen molar-refractivity contribution >= 4 is 17.3 Å². The first-order chi connectivity index (χ1) is 7.06. The maximum absolute atomic E-state index is 10.7. The molecule has 82 valence electrons. The van der Waals surface area contributed by atoms with Crippen molar-refractivity contribution in [3.63, 3.8) is 0 Å². The van der Waals surface area contributed by atoms with Crippen molar-refractivity contribution in [2.24, 2.45) is 11.5 Å². The summed E-state index contributed by atoms with van der Waals surface area (Å²) < 4.78 is 0. The van der Waals surface area contributed by atoms with Crippen LogP contribution < -0.4 is 11.5 Å². The van der Waals surface area contributed by atoms with Crippen LogP contribution in [0, 0.1) is 10.1 Å². The van der Waals surface area contributed by atoms with E-state index in [9.17, 15) is 10.1 Å². The molecule has 0 bridgehead atoms. The van der Waals surface area contributed by atoms with E-state index >= 15 is 0 Å². The summed E-state index contributed by atoms with van der Waals surface area (Å²) in [6.07, 6.45) is 0.487. The number of nitro benzene ring substituents is 1. The van der Waals surface area contributed by atoms with Gasteiger partial charge in [-0.25, -0.2) is 0 Å². The Hall–Kier alpha value is -1.17. The molecule has 0 fully saturated rings. The molecule has 0 heterocycles. The summed E-state index contributed by atoms with van der Waals surface area (Å²) in [6, 6.07) is 3.89. The highest BCUT2D eigenvalue weighted by Crippen LogP contribution is 2.28. The van der Waals surface area contributed by atoms with Gasteiger partial charge in [-0.05, 0) is 25.1 Å². The third kappa shape index (κ3) is 2.89. The minimum atomic E-state index is -0.470. The lowest BCUT2D eigenvalue weighted by molar-refractivity contribution is -0.385. The monoisotopic (exact) mass is 229 g/mol. The maximum atomic E-state index is 10.7. The highest BCUT2D eigenvalue weighted by molar-refractivity contribution is 6.30. The molecule has 5 nitrogen and oxygen atoms in total. The summed E-state index contributed by atoms with van der Waals surface area (Å²) in [7, 11) is 0. The molecular formula is C9H12ClN3O2. The first kappa shape index (κ1) is 11.9. The summed E-state index contributed by atoms with van der Waals surface area (Å²) in [5.74, 6) is 0. The van der Waals surface area contributed by atoms with Crippen LogP contribution in [0.1, 0.15) is 18.0 Å². The summed E-state index contributed by atoms with van der Waals surface area (Å²) >= 11 is 5.76. The number of benzene rings is 1. The molecule has 0 saturated heterocycles. The van der Waals surface area contributed by atoms with Crippen LogP contribution in [-0.4, -0.2) is 11.5 Å². The molecular weight excluding hydrogens is 218 g/mol. The zero-order valence-corrected chi connectivity index (χ0v) is 8.78. The van der Waals surface area contributed by atoms with Gasteiger partial charge in [0, 0.05) is 22.7 Å². The predicted octanol–water partition coefficient (Wildman–Crippen LogP) is 1.60. The number of rotatable bonds is 4. The average molecular weight is 230 g/mol. The van der Waals surface area contributed by atoms with Crippen LogP contribution in [0.25, 0.3) is 0 Å². The van der Waals surface area contributed by atoms with E-state index in [1.54, 1.807) is 0 Å². The van der Waals surface area contributed by atoms with Gasteiger partial charge in [-0.2, -0.15) is 0 Å². The third-order valence-corrected chi connectivity index (χ3v) is 2.30. The molecule has 0 radical (unpaired) electrons. The van der Waals surface area contributed by atoms with Gasteiger partial charge in [0.2, 0.25) is 0 Å². The third-order valence-electron chi connectivity index (χ3n) is 2.06. The highest BCUT2D eigenvalue weighted by Gasteiger charge is 2.18. The molecule has 0 amide bonds. The maximum Gasteiger partial charge on any atom is 0.274 e. The zero-order valence-electron chi connectivity index (χ0n) is 8.02. The molecule has 0 unspecified atom stereocenters. The van der Waals surface area contributed by atoms with Crippen molar-refractivity contribution in [1.29, 1.82) is 0 Å². The quantitative estimate of drug-likeness (QED) is 0.606. The van der Waals surface area contributed by atoms with Gasteiger partial charge in [0.25, 0.3) is 5.69 Å². The van der Waals surface area contributed by atoms with Crippen LogP contribution in [0.3, 0.4) is 0 Å². The molecule has 0 aliphatic heterocycles. The first-order valence-corrected chi connectivity index (χ1v) is 4.83. The van der Waals surface area contributed by atoms with Gasteiger partial charge in [-0.15, -0.1) is 0 Å². The minimum absolute atomic E-state index is 0.0136. The molecule has 0 aliphatic carbocycles. The zero-order chi connectivity index (χ0) is 11.4. The van der Waals surface area contributed by atoms with Gasteiger partial charge in [0.15, 0.2) is 0 Å². The lowest BCUT2D eigenvalue weighted by Crippen LogP contribution is -2.16. The smallest absolute Gasteiger partial charge is 0.274 e. The van der Waals surface area contributed by atoms with Crippen LogP contribution in [0.15, 0.2) is 18.2 Å². The summed E-state index contributed by atoms with van der Waals surface area (Å²) in [4.78, 5) is 10.2. The van der Waals surface area contributed by atoms with Gasteiger partial charge < -0.3 is 11.5 Å². The fourth-order valence-corrected chi connectivity index (χ4v) is 1.50. The lowest BCUT2D eigenvalue weighted by atomic mass is 10.0. The Balaban J connectivity index is 3.12. The fourth-order valence-electron chi connectivity index (χ4n) is 1.32. The molecule has 4 N–H and O–H groups in total. The van der Waals surface area contributed by atoms with Crippen molar-refractivity contribution in [1.82, 2.24) is 0 Å². The molecule has 0 saturated carbocycles. The molecule has 6 heteroatoms. The number of nitrogens with two attached hydrogens (primary N) is 2. The van der Waals surface area contributed by atoms with Gasteiger partial charge >= 0.3 is 0 Å². The number of halogens is 1. The Bertz CT molecular complexity index is 370. The van der Waals surface area contributed by atoms with Crippen molar-refractivity contribution in [2.45, 2.75) is 12.5 Å². The van der Waals surface area contributed by atoms with Crippen LogP contribution in [-0.2, 0) is 0 Å². The molecule has 15 heavy (non-hydrogen) atoms. The normalized spacial score (nSPS) is 12.5. The SMILES string of the molecule is NCC[C@@H](N)c1cc(Cl)ccc1[N+](=O)[O-]. The summed E-state index contributed by atoms with van der Waals surface area (Å²) in [5.41, 5.74) is 11.5. The predicted molar refractivity (Wildman–Crippen MR) is 58.7 cm³/mol. The Kier molecular flexibility index (Phi) is 4.02. The van der Waals surface area contributed by atoms with Crippen LogP contribution >= 0.6 is 11.6 Å². The molecule has 0 spiro atoms. The number of hydrogen-bond donors (Lipinski definition) is 2. The van der Waals surface area contributed by atoms with Crippen LogP contribution in [0.4, 0.5) is 5.69 Å². The largest absolute Gasteiger partial charge is 0.330 e. The van der Waals surface area contributed by atoms with Crippen LogP contribution in [0.2, 0.25) is 5.02 Å². The molecule has 1 aromatic rings. The van der Waals surface area contributed by atoms with E-state index in [2.05, 4.69) is 0 Å². The Morgan fingerprint density at radius 1 is 1.53 bits per heavy atom. The Labute approximate surface area is 92.2 Å². The van der Waals surface area contributed by atoms with E-state index < -0.39 is 11.0 Å². The summed E-state index contributed by atoms with van der Waals surface area (Å²) in [5, 5.41) is 11.2. The Morgan fingerprint density at radius 2 is 2.20 bits per heavy atom. The van der Waals surface area contributed by atoms with Crippen molar-refractivity contribution < 1.29 is 4.92 Å². The van der Waals surface area contributed by atoms with E-state index in [1.165, 1.54) is 18.2 Å². The van der Waals surface area contributed by atoms with Crippen molar-refractivity contribution in [3.8, 4) is 0 Å². The van der Waals surface area contributed by atoms with Gasteiger partial charge in [0.05, 0.1) is 4.92 Å². The van der Waals surface area contributed by atoms with Crippen LogP contribution in [0.5, 0.6) is 0 Å². The van der Waals surface area contributed by atoms with E-state index in [1.807, 2.05) is 0 Å². The average Bonchev–Trinajstić information content (AvgIpc) is 2.17. The van der Waals surface area contributed by atoms with Gasteiger partial charge in [-0.1, -0.05) is 11.6 Å². The fraction of sp³-hybridized carbons (Fsp3) is 0.333. The topological polar surface area (TPSA) is 95.2 Å². The van der Waals surface area contributed by atoms with E-state index in [0.29, 0.717) is 23.6 Å². The van der Waals surface area contributed by atoms with E-state index in [-0.39, 0.29) is 5.69 Å².